The van der Waals surface area contributed by atoms with Crippen LogP contribution in [0.2, 0.25) is 0 Å². The second-order valence-electron chi connectivity index (χ2n) is 11.3. The van der Waals surface area contributed by atoms with Gasteiger partial charge >= 0.3 is 0 Å². The van der Waals surface area contributed by atoms with Crippen molar-refractivity contribution in [1.29, 1.82) is 0 Å². The van der Waals surface area contributed by atoms with Crippen LogP contribution in [0.25, 0.3) is 0 Å². The van der Waals surface area contributed by atoms with Gasteiger partial charge in [-0.2, -0.15) is 0 Å². The summed E-state index contributed by atoms with van der Waals surface area (Å²) < 4.78 is 30.7. The van der Waals surface area contributed by atoms with E-state index < -0.39 is 28.5 Å². The van der Waals surface area contributed by atoms with E-state index in [9.17, 15) is 18.0 Å². The van der Waals surface area contributed by atoms with Crippen LogP contribution in [0.15, 0.2) is 112 Å². The van der Waals surface area contributed by atoms with Gasteiger partial charge in [0, 0.05) is 24.0 Å². The van der Waals surface area contributed by atoms with Crippen molar-refractivity contribution in [3.05, 3.63) is 130 Å². The van der Waals surface area contributed by atoms with E-state index in [1.165, 1.54) is 9.21 Å². The summed E-state index contributed by atoms with van der Waals surface area (Å²) in [5, 5.41) is 3.03. The highest BCUT2D eigenvalue weighted by Crippen LogP contribution is 2.29. The maximum Gasteiger partial charge on any atom is 0.264 e. The van der Waals surface area contributed by atoms with Crippen LogP contribution in [0.3, 0.4) is 0 Å². The Morgan fingerprint density at radius 2 is 1.52 bits per heavy atom. The normalized spacial score (nSPS) is 11.9. The maximum absolute atomic E-state index is 14.6. The Balaban J connectivity index is 1.82. The lowest BCUT2D eigenvalue weighted by Crippen LogP contribution is -2.53. The Morgan fingerprint density at radius 3 is 2.20 bits per heavy atom. The first kappa shape index (κ1) is 34.9. The number of rotatable bonds is 15. The average molecular weight is 705 g/mol. The number of para-hydroxylation sites is 1. The lowest BCUT2D eigenvalue weighted by Gasteiger charge is -2.34. The molecule has 9 heteroatoms. The summed E-state index contributed by atoms with van der Waals surface area (Å²) in [6, 6.07) is 30.1. The predicted octanol–water partition coefficient (Wildman–Crippen LogP) is 7.07. The zero-order valence-corrected chi connectivity index (χ0v) is 29.1. The van der Waals surface area contributed by atoms with Gasteiger partial charge in [0.05, 0.1) is 10.6 Å². The Labute approximate surface area is 281 Å². The van der Waals surface area contributed by atoms with Crippen LogP contribution in [0, 0.1) is 6.92 Å². The van der Waals surface area contributed by atoms with Crippen molar-refractivity contribution >= 4 is 43.5 Å². The third kappa shape index (κ3) is 9.07. The number of anilines is 1. The topological polar surface area (TPSA) is 86.8 Å². The standard InChI is InChI=1S/C37H42BrN3O4S/c1-4-6-23-39-37(43)35(25-29-13-8-7-9-14-29)40(26-30-15-12-17-32(38)24-30)36(42)27-41(34-18-11-10-16-31(34)5-2)46(44,45)33-21-19-28(3)20-22-33/h7-22,24,35H,4-6,23,25-27H2,1-3H3,(H,39,43)/t35-/m0/s1. The molecule has 1 N–H and O–H groups in total. The fourth-order valence-corrected chi connectivity index (χ4v) is 7.19. The van der Waals surface area contributed by atoms with E-state index in [4.69, 9.17) is 0 Å². The SMILES string of the molecule is CCCCNC(=O)[C@H](Cc1ccccc1)N(Cc1cccc(Br)c1)C(=O)CN(c1ccccc1CC)S(=O)(=O)c1ccc(C)cc1. The van der Waals surface area contributed by atoms with Crippen LogP contribution < -0.4 is 9.62 Å². The number of hydrogen-bond donors (Lipinski definition) is 1. The summed E-state index contributed by atoms with van der Waals surface area (Å²) in [4.78, 5) is 30.1. The summed E-state index contributed by atoms with van der Waals surface area (Å²) in [6.45, 7) is 6.01. The number of hydrogen-bond acceptors (Lipinski definition) is 4. The fraction of sp³-hybridized carbons (Fsp3) is 0.297. The molecule has 0 radical (unpaired) electrons. The third-order valence-corrected chi connectivity index (χ3v) is 10.1. The van der Waals surface area contributed by atoms with Gasteiger partial charge in [-0.1, -0.05) is 115 Å². The first-order chi connectivity index (χ1) is 22.1. The van der Waals surface area contributed by atoms with Crippen molar-refractivity contribution in [1.82, 2.24) is 10.2 Å². The molecule has 0 fully saturated rings. The highest BCUT2D eigenvalue weighted by Gasteiger charge is 2.35. The van der Waals surface area contributed by atoms with Gasteiger partial charge in [-0.25, -0.2) is 8.42 Å². The molecule has 242 valence electrons. The predicted molar refractivity (Wildman–Crippen MR) is 188 cm³/mol. The number of nitrogens with zero attached hydrogens (tertiary/aromatic N) is 2. The quantitative estimate of drug-likeness (QED) is 0.134. The molecule has 4 rings (SSSR count). The van der Waals surface area contributed by atoms with Gasteiger partial charge in [0.15, 0.2) is 0 Å². The van der Waals surface area contributed by atoms with Crippen molar-refractivity contribution < 1.29 is 18.0 Å². The molecule has 4 aromatic carbocycles. The maximum atomic E-state index is 14.6. The Bertz CT molecular complexity index is 1710. The van der Waals surface area contributed by atoms with Crippen molar-refractivity contribution in [2.45, 2.75) is 63.9 Å². The number of amides is 2. The van der Waals surface area contributed by atoms with Gasteiger partial charge in [0.2, 0.25) is 11.8 Å². The number of unbranched alkanes of at least 4 members (excludes halogenated alkanes) is 1. The Hall–Kier alpha value is -3.95. The largest absolute Gasteiger partial charge is 0.354 e. The van der Waals surface area contributed by atoms with Crippen LogP contribution in [0.4, 0.5) is 5.69 Å². The molecule has 0 saturated carbocycles. The first-order valence-corrected chi connectivity index (χ1v) is 17.9. The molecule has 1 atom stereocenters. The molecule has 0 bridgehead atoms. The van der Waals surface area contributed by atoms with Gasteiger partial charge in [0.25, 0.3) is 10.0 Å². The molecule has 46 heavy (non-hydrogen) atoms. The van der Waals surface area contributed by atoms with Crippen LogP contribution in [-0.2, 0) is 39.0 Å². The molecule has 0 aliphatic carbocycles. The second-order valence-corrected chi connectivity index (χ2v) is 14.1. The highest BCUT2D eigenvalue weighted by molar-refractivity contribution is 9.10. The molecule has 0 saturated heterocycles. The molecule has 4 aromatic rings. The van der Waals surface area contributed by atoms with E-state index in [0.717, 1.165) is 39.6 Å². The zero-order chi connectivity index (χ0) is 33.1. The highest BCUT2D eigenvalue weighted by atomic mass is 79.9. The Kier molecular flexibility index (Phi) is 12.6. The second kappa shape index (κ2) is 16.6. The van der Waals surface area contributed by atoms with Gasteiger partial charge in [-0.3, -0.25) is 13.9 Å². The summed E-state index contributed by atoms with van der Waals surface area (Å²) in [5.74, 6) is -0.754. The monoisotopic (exact) mass is 703 g/mol. The molecule has 0 aromatic heterocycles. The van der Waals surface area contributed by atoms with E-state index in [0.29, 0.717) is 18.7 Å². The van der Waals surface area contributed by atoms with Crippen LogP contribution in [-0.4, -0.2) is 44.3 Å². The summed E-state index contributed by atoms with van der Waals surface area (Å²) >= 11 is 3.52. The smallest absolute Gasteiger partial charge is 0.264 e. The Morgan fingerprint density at radius 1 is 0.848 bits per heavy atom. The average Bonchev–Trinajstić information content (AvgIpc) is 3.05. The first-order valence-electron chi connectivity index (χ1n) is 15.7. The molecule has 0 aliphatic rings. The molecule has 0 heterocycles. The van der Waals surface area contributed by atoms with Crippen LogP contribution in [0.1, 0.15) is 48.9 Å². The van der Waals surface area contributed by atoms with Crippen molar-refractivity contribution in [3.8, 4) is 0 Å². The molecule has 7 nitrogen and oxygen atoms in total. The fourth-order valence-electron chi connectivity index (χ4n) is 5.30. The number of carbonyl (C=O) groups is 2. The molecule has 0 unspecified atom stereocenters. The van der Waals surface area contributed by atoms with Gasteiger partial charge < -0.3 is 10.2 Å². The van der Waals surface area contributed by atoms with Crippen molar-refractivity contribution in [3.63, 3.8) is 0 Å². The van der Waals surface area contributed by atoms with Crippen LogP contribution >= 0.6 is 15.9 Å². The van der Waals surface area contributed by atoms with Gasteiger partial charge in [-0.05, 0) is 66.8 Å². The van der Waals surface area contributed by atoms with Crippen molar-refractivity contribution in [2.24, 2.45) is 0 Å². The summed E-state index contributed by atoms with van der Waals surface area (Å²) in [6.07, 6.45) is 2.56. The number of benzene rings is 4. The number of aryl methyl sites for hydroxylation is 2. The van der Waals surface area contributed by atoms with E-state index >= 15 is 0 Å². The molecule has 2 amide bonds. The minimum absolute atomic E-state index is 0.0912. The minimum Gasteiger partial charge on any atom is -0.354 e. The number of carbonyl (C=O) groups excluding carboxylic acids is 2. The van der Waals surface area contributed by atoms with E-state index in [-0.39, 0.29) is 23.8 Å². The van der Waals surface area contributed by atoms with Crippen LogP contribution in [0.5, 0.6) is 0 Å². The van der Waals surface area contributed by atoms with Gasteiger partial charge in [-0.15, -0.1) is 0 Å². The number of sulfonamides is 1. The molecular formula is C37H42BrN3O4S. The number of halogens is 1. The summed E-state index contributed by atoms with van der Waals surface area (Å²) in [5.41, 5.74) is 3.86. The van der Waals surface area contributed by atoms with E-state index in [2.05, 4.69) is 21.2 Å². The number of nitrogens with one attached hydrogen (secondary N) is 1. The summed E-state index contributed by atoms with van der Waals surface area (Å²) in [7, 11) is -4.16. The third-order valence-electron chi connectivity index (χ3n) is 7.87. The lowest BCUT2D eigenvalue weighted by atomic mass is 10.0. The van der Waals surface area contributed by atoms with Crippen molar-refractivity contribution in [2.75, 3.05) is 17.4 Å². The zero-order valence-electron chi connectivity index (χ0n) is 26.7. The lowest BCUT2D eigenvalue weighted by molar-refractivity contribution is -0.140. The van der Waals surface area contributed by atoms with E-state index in [1.54, 1.807) is 36.4 Å². The molecule has 0 spiro atoms. The molecule has 0 aliphatic heterocycles. The molecular weight excluding hydrogens is 662 g/mol. The minimum atomic E-state index is -4.16. The van der Waals surface area contributed by atoms with E-state index in [1.807, 2.05) is 87.5 Å². The van der Waals surface area contributed by atoms with Gasteiger partial charge in [0.1, 0.15) is 12.6 Å².